The third-order valence-corrected chi connectivity index (χ3v) is 4.81. The summed E-state index contributed by atoms with van der Waals surface area (Å²) in [5, 5.41) is 5.87. The van der Waals surface area contributed by atoms with Crippen LogP contribution in [-0.2, 0) is 11.2 Å². The third-order valence-electron chi connectivity index (χ3n) is 4.05. The molecule has 1 aliphatic heterocycles. The molecule has 0 unspecified atom stereocenters. The Kier molecular flexibility index (Phi) is 3.54. The number of carbonyl (C=O) groups is 1. The number of halogens is 1. The van der Waals surface area contributed by atoms with Crippen LogP contribution in [0.4, 0.5) is 20.9 Å². The number of hydrogen-bond donors (Lipinski definition) is 1. The number of carbonyl (C=O) groups excluding carboxylic acids is 1. The molecule has 120 valence electrons. The molecule has 6 heteroatoms. The summed E-state index contributed by atoms with van der Waals surface area (Å²) in [6, 6.07) is 12.1. The van der Waals surface area contributed by atoms with E-state index in [1.54, 1.807) is 24.1 Å². The topological polar surface area (TPSA) is 45.2 Å². The van der Waals surface area contributed by atoms with Gasteiger partial charge in [0.25, 0.3) is 0 Å². The van der Waals surface area contributed by atoms with Crippen LogP contribution in [0.15, 0.2) is 47.8 Å². The Labute approximate surface area is 142 Å². The van der Waals surface area contributed by atoms with Crippen molar-refractivity contribution in [3.05, 3.63) is 59.2 Å². The van der Waals surface area contributed by atoms with Crippen LogP contribution in [0.5, 0.6) is 0 Å². The number of nitrogens with zero attached hydrogens (tertiary/aromatic N) is 2. The van der Waals surface area contributed by atoms with Gasteiger partial charge in [-0.1, -0.05) is 6.07 Å². The molecule has 24 heavy (non-hydrogen) atoms. The number of amides is 1. The quantitative estimate of drug-likeness (QED) is 0.777. The number of hydrogen-bond acceptors (Lipinski definition) is 4. The molecule has 2 heterocycles. The highest BCUT2D eigenvalue weighted by atomic mass is 32.1. The molecule has 0 spiro atoms. The van der Waals surface area contributed by atoms with Crippen molar-refractivity contribution in [3.8, 4) is 11.3 Å². The van der Waals surface area contributed by atoms with Gasteiger partial charge in [0, 0.05) is 29.4 Å². The van der Waals surface area contributed by atoms with E-state index in [1.807, 2.05) is 23.6 Å². The number of fused-ring (bicyclic) bond motifs is 1. The minimum atomic E-state index is -0.266. The number of aromatic nitrogens is 1. The maximum Gasteiger partial charge on any atom is 0.231 e. The molecule has 0 radical (unpaired) electrons. The highest BCUT2D eigenvalue weighted by Crippen LogP contribution is 2.33. The van der Waals surface area contributed by atoms with Gasteiger partial charge in [-0.2, -0.15) is 0 Å². The van der Waals surface area contributed by atoms with E-state index in [9.17, 15) is 9.18 Å². The maximum absolute atomic E-state index is 12.9. The minimum absolute atomic E-state index is 0.110. The molecule has 0 bridgehead atoms. The number of nitrogens with one attached hydrogen (secondary N) is 1. The van der Waals surface area contributed by atoms with Crippen molar-refractivity contribution in [3.63, 3.8) is 0 Å². The minimum Gasteiger partial charge on any atom is -0.332 e. The van der Waals surface area contributed by atoms with Crippen molar-refractivity contribution in [2.75, 3.05) is 17.3 Å². The first kappa shape index (κ1) is 14.8. The highest BCUT2D eigenvalue weighted by molar-refractivity contribution is 7.14. The van der Waals surface area contributed by atoms with Crippen LogP contribution in [0.3, 0.4) is 0 Å². The van der Waals surface area contributed by atoms with Gasteiger partial charge in [-0.3, -0.25) is 4.79 Å². The molecular weight excluding hydrogens is 325 g/mol. The Bertz CT molecular complexity index is 920. The number of anilines is 3. The van der Waals surface area contributed by atoms with Crippen LogP contribution in [-0.4, -0.2) is 17.9 Å². The SMILES string of the molecule is CN1C(=O)Cc2cc(-c3csc(Nc4ccc(F)cc4)n3)ccc21. The number of benzene rings is 2. The fourth-order valence-electron chi connectivity index (χ4n) is 2.75. The van der Waals surface area contributed by atoms with E-state index in [1.165, 1.54) is 23.5 Å². The Morgan fingerprint density at radius 1 is 1.21 bits per heavy atom. The fraction of sp³-hybridized carbons (Fsp3) is 0.111. The second-order valence-corrected chi connectivity index (χ2v) is 6.50. The lowest BCUT2D eigenvalue weighted by molar-refractivity contribution is -0.117. The van der Waals surface area contributed by atoms with Gasteiger partial charge in [0.05, 0.1) is 12.1 Å². The summed E-state index contributed by atoms with van der Waals surface area (Å²) in [7, 11) is 1.79. The first-order chi connectivity index (χ1) is 11.6. The first-order valence-corrected chi connectivity index (χ1v) is 8.36. The van der Waals surface area contributed by atoms with Crippen LogP contribution in [0.2, 0.25) is 0 Å². The van der Waals surface area contributed by atoms with Gasteiger partial charge in [-0.05, 0) is 42.0 Å². The Balaban J connectivity index is 1.58. The summed E-state index contributed by atoms with van der Waals surface area (Å²) in [4.78, 5) is 18.0. The molecule has 3 aromatic rings. The van der Waals surface area contributed by atoms with Gasteiger partial charge in [-0.15, -0.1) is 11.3 Å². The molecule has 4 nitrogen and oxygen atoms in total. The van der Waals surface area contributed by atoms with Crippen LogP contribution < -0.4 is 10.2 Å². The van der Waals surface area contributed by atoms with Gasteiger partial charge in [0.1, 0.15) is 5.82 Å². The molecule has 1 N–H and O–H groups in total. The van der Waals surface area contributed by atoms with Crippen LogP contribution >= 0.6 is 11.3 Å². The summed E-state index contributed by atoms with van der Waals surface area (Å²) in [5.41, 5.74) is 4.62. The summed E-state index contributed by atoms with van der Waals surface area (Å²) in [6.07, 6.45) is 0.435. The normalized spacial score (nSPS) is 13.2. The van der Waals surface area contributed by atoms with Gasteiger partial charge in [-0.25, -0.2) is 9.37 Å². The number of thiazole rings is 1. The smallest absolute Gasteiger partial charge is 0.231 e. The summed E-state index contributed by atoms with van der Waals surface area (Å²) >= 11 is 1.48. The maximum atomic E-state index is 12.9. The molecule has 1 aromatic heterocycles. The molecule has 4 rings (SSSR count). The first-order valence-electron chi connectivity index (χ1n) is 7.48. The van der Waals surface area contributed by atoms with E-state index < -0.39 is 0 Å². The lowest BCUT2D eigenvalue weighted by atomic mass is 10.1. The predicted molar refractivity (Wildman–Crippen MR) is 94.3 cm³/mol. The molecular formula is C18H14FN3OS. The van der Waals surface area contributed by atoms with Gasteiger partial charge in [0.15, 0.2) is 5.13 Å². The zero-order chi connectivity index (χ0) is 16.7. The van der Waals surface area contributed by atoms with Gasteiger partial charge < -0.3 is 10.2 Å². The summed E-state index contributed by atoms with van der Waals surface area (Å²) in [6.45, 7) is 0. The molecule has 0 saturated carbocycles. The van der Waals surface area contributed by atoms with Crippen molar-refractivity contribution in [2.24, 2.45) is 0 Å². The lowest BCUT2D eigenvalue weighted by Crippen LogP contribution is -2.20. The molecule has 2 aromatic carbocycles. The van der Waals surface area contributed by atoms with Crippen LogP contribution in [0, 0.1) is 5.82 Å². The molecule has 1 amide bonds. The highest BCUT2D eigenvalue weighted by Gasteiger charge is 2.24. The molecule has 0 aliphatic carbocycles. The standard InChI is InChI=1S/C18H14FN3OS/c1-22-16-7-2-11(8-12(16)9-17(22)23)15-10-24-18(21-15)20-14-5-3-13(19)4-6-14/h2-8,10H,9H2,1H3,(H,20,21). The zero-order valence-corrected chi connectivity index (χ0v) is 13.7. The number of likely N-dealkylation sites (N-methyl/N-ethyl adjacent to an activating group) is 1. The van der Waals surface area contributed by atoms with Crippen molar-refractivity contribution in [1.82, 2.24) is 4.98 Å². The molecule has 0 saturated heterocycles. The second kappa shape index (κ2) is 5.72. The Morgan fingerprint density at radius 3 is 2.79 bits per heavy atom. The van der Waals surface area contributed by atoms with Crippen molar-refractivity contribution in [1.29, 1.82) is 0 Å². The predicted octanol–water partition coefficient (Wildman–Crippen LogP) is 4.21. The molecule has 0 atom stereocenters. The Hall–Kier alpha value is -2.73. The van der Waals surface area contributed by atoms with Crippen molar-refractivity contribution >= 4 is 33.8 Å². The van der Waals surface area contributed by atoms with E-state index in [0.29, 0.717) is 6.42 Å². The molecule has 0 fully saturated rings. The van der Waals surface area contributed by atoms with Crippen molar-refractivity contribution < 1.29 is 9.18 Å². The monoisotopic (exact) mass is 339 g/mol. The molecule has 1 aliphatic rings. The van der Waals surface area contributed by atoms with Crippen molar-refractivity contribution in [2.45, 2.75) is 6.42 Å². The van der Waals surface area contributed by atoms with E-state index in [4.69, 9.17) is 0 Å². The second-order valence-electron chi connectivity index (χ2n) is 5.64. The summed E-state index contributed by atoms with van der Waals surface area (Å²) in [5.74, 6) is -0.155. The van der Waals surface area contributed by atoms with Gasteiger partial charge in [0.2, 0.25) is 5.91 Å². The van der Waals surface area contributed by atoms with Gasteiger partial charge >= 0.3 is 0 Å². The van der Waals surface area contributed by atoms with Crippen LogP contribution in [0.1, 0.15) is 5.56 Å². The summed E-state index contributed by atoms with van der Waals surface area (Å²) < 4.78 is 12.9. The largest absolute Gasteiger partial charge is 0.332 e. The zero-order valence-electron chi connectivity index (χ0n) is 12.9. The average molecular weight is 339 g/mol. The van der Waals surface area contributed by atoms with E-state index in [2.05, 4.69) is 10.3 Å². The Morgan fingerprint density at radius 2 is 2.00 bits per heavy atom. The number of rotatable bonds is 3. The lowest BCUT2D eigenvalue weighted by Gasteiger charge is -2.09. The van der Waals surface area contributed by atoms with E-state index in [0.717, 1.165) is 33.3 Å². The van der Waals surface area contributed by atoms with Crippen LogP contribution in [0.25, 0.3) is 11.3 Å². The van der Waals surface area contributed by atoms with E-state index >= 15 is 0 Å². The van der Waals surface area contributed by atoms with E-state index in [-0.39, 0.29) is 11.7 Å². The average Bonchev–Trinajstić information content (AvgIpc) is 3.15. The fourth-order valence-corrected chi connectivity index (χ4v) is 3.49. The third kappa shape index (κ3) is 2.65.